The molecule has 1 aromatic rings. The van der Waals surface area contributed by atoms with Gasteiger partial charge in [-0.25, -0.2) is 4.79 Å². The third-order valence-electron chi connectivity index (χ3n) is 3.48. The zero-order valence-electron chi connectivity index (χ0n) is 11.9. The Kier molecular flexibility index (Phi) is 5.59. The molecule has 1 aliphatic rings. The van der Waals surface area contributed by atoms with Gasteiger partial charge in [0.1, 0.15) is 0 Å². The number of hydrogen-bond donors (Lipinski definition) is 2. The summed E-state index contributed by atoms with van der Waals surface area (Å²) in [7, 11) is 0. The van der Waals surface area contributed by atoms with Crippen molar-refractivity contribution in [2.75, 3.05) is 35.7 Å². The van der Waals surface area contributed by atoms with Crippen LogP contribution in [-0.4, -0.2) is 30.6 Å². The quantitative estimate of drug-likeness (QED) is 0.645. The number of thioether (sulfide) groups is 1. The molecule has 0 spiro atoms. The SMILES string of the molecule is CCOC(=O)c1ccc(NCC2CCSCC2)c(N)c1. The number of ether oxygens (including phenoxy) is 1. The van der Waals surface area contributed by atoms with Crippen molar-refractivity contribution in [2.24, 2.45) is 5.92 Å². The summed E-state index contributed by atoms with van der Waals surface area (Å²) in [6, 6.07) is 5.30. The Bertz CT molecular complexity index is 459. The van der Waals surface area contributed by atoms with Gasteiger partial charge in [-0.05, 0) is 55.4 Å². The lowest BCUT2D eigenvalue weighted by molar-refractivity contribution is 0.0526. The van der Waals surface area contributed by atoms with Crippen molar-refractivity contribution < 1.29 is 9.53 Å². The number of hydrogen-bond acceptors (Lipinski definition) is 5. The van der Waals surface area contributed by atoms with Gasteiger partial charge in [-0.15, -0.1) is 0 Å². The van der Waals surface area contributed by atoms with E-state index in [0.29, 0.717) is 17.9 Å². The van der Waals surface area contributed by atoms with Crippen LogP contribution < -0.4 is 11.1 Å². The standard InChI is InChI=1S/C15H22N2O2S/c1-2-19-15(18)12-3-4-14(13(16)9-12)17-10-11-5-7-20-8-6-11/h3-4,9,11,17H,2,5-8,10,16H2,1H3. The van der Waals surface area contributed by atoms with Crippen LogP contribution in [0.1, 0.15) is 30.1 Å². The second kappa shape index (κ2) is 7.43. The molecule has 4 nitrogen and oxygen atoms in total. The number of benzene rings is 1. The summed E-state index contributed by atoms with van der Waals surface area (Å²) in [6.07, 6.45) is 2.52. The second-order valence-corrected chi connectivity index (χ2v) is 6.18. The van der Waals surface area contributed by atoms with Gasteiger partial charge < -0.3 is 15.8 Å². The Morgan fingerprint density at radius 2 is 2.20 bits per heavy atom. The zero-order chi connectivity index (χ0) is 14.4. The van der Waals surface area contributed by atoms with Crippen LogP contribution in [0.5, 0.6) is 0 Å². The van der Waals surface area contributed by atoms with Crippen molar-refractivity contribution in [2.45, 2.75) is 19.8 Å². The number of anilines is 2. The largest absolute Gasteiger partial charge is 0.462 e. The van der Waals surface area contributed by atoms with E-state index in [0.717, 1.165) is 18.2 Å². The molecule has 2 rings (SSSR count). The lowest BCUT2D eigenvalue weighted by Gasteiger charge is -2.22. The summed E-state index contributed by atoms with van der Waals surface area (Å²) >= 11 is 2.03. The average Bonchev–Trinajstić information content (AvgIpc) is 2.47. The minimum absolute atomic E-state index is 0.324. The molecule has 0 aromatic heterocycles. The maximum atomic E-state index is 11.6. The van der Waals surface area contributed by atoms with E-state index >= 15 is 0 Å². The van der Waals surface area contributed by atoms with Crippen LogP contribution >= 0.6 is 11.8 Å². The van der Waals surface area contributed by atoms with Crippen LogP contribution in [0.4, 0.5) is 11.4 Å². The van der Waals surface area contributed by atoms with E-state index in [9.17, 15) is 4.79 Å². The Morgan fingerprint density at radius 1 is 1.45 bits per heavy atom. The van der Waals surface area contributed by atoms with E-state index in [1.807, 2.05) is 17.8 Å². The molecule has 0 amide bonds. The number of carbonyl (C=O) groups excluding carboxylic acids is 1. The number of esters is 1. The van der Waals surface area contributed by atoms with Crippen LogP contribution in [0, 0.1) is 5.92 Å². The second-order valence-electron chi connectivity index (χ2n) is 4.96. The van der Waals surface area contributed by atoms with Crippen LogP contribution in [0.15, 0.2) is 18.2 Å². The van der Waals surface area contributed by atoms with Gasteiger partial charge in [0.2, 0.25) is 0 Å². The highest BCUT2D eigenvalue weighted by Gasteiger charge is 2.14. The number of carbonyl (C=O) groups is 1. The molecule has 110 valence electrons. The van der Waals surface area contributed by atoms with Gasteiger partial charge in [0.25, 0.3) is 0 Å². The predicted octanol–water partition coefficient (Wildman–Crippen LogP) is 3.00. The summed E-state index contributed by atoms with van der Waals surface area (Å²) in [5.41, 5.74) is 8.00. The van der Waals surface area contributed by atoms with Crippen molar-refractivity contribution in [3.63, 3.8) is 0 Å². The normalized spacial score (nSPS) is 15.8. The van der Waals surface area contributed by atoms with Gasteiger partial charge in [0.05, 0.1) is 23.5 Å². The van der Waals surface area contributed by atoms with Crippen LogP contribution in [-0.2, 0) is 4.74 Å². The van der Waals surface area contributed by atoms with Gasteiger partial charge >= 0.3 is 5.97 Å². The van der Waals surface area contributed by atoms with Gasteiger partial charge in [-0.3, -0.25) is 0 Å². The molecule has 1 heterocycles. The Balaban J connectivity index is 1.93. The van der Waals surface area contributed by atoms with E-state index in [1.165, 1.54) is 24.3 Å². The van der Waals surface area contributed by atoms with Crippen molar-refractivity contribution in [3.05, 3.63) is 23.8 Å². The number of nitrogens with two attached hydrogens (primary N) is 1. The third-order valence-corrected chi connectivity index (χ3v) is 4.53. The lowest BCUT2D eigenvalue weighted by Crippen LogP contribution is -2.19. The summed E-state index contributed by atoms with van der Waals surface area (Å²) < 4.78 is 4.96. The molecule has 0 bridgehead atoms. The highest BCUT2D eigenvalue weighted by Crippen LogP contribution is 2.25. The van der Waals surface area contributed by atoms with E-state index in [4.69, 9.17) is 10.5 Å². The third kappa shape index (κ3) is 4.07. The molecule has 5 heteroatoms. The molecular formula is C15H22N2O2S. The van der Waals surface area contributed by atoms with Crippen LogP contribution in [0.3, 0.4) is 0 Å². The first-order chi connectivity index (χ1) is 9.70. The molecule has 0 radical (unpaired) electrons. The summed E-state index contributed by atoms with van der Waals surface area (Å²) in [5, 5.41) is 3.39. The fourth-order valence-corrected chi connectivity index (χ4v) is 3.47. The summed E-state index contributed by atoms with van der Waals surface area (Å²) in [6.45, 7) is 3.11. The van der Waals surface area contributed by atoms with Crippen molar-refractivity contribution in [1.29, 1.82) is 0 Å². The molecule has 0 aliphatic carbocycles. The highest BCUT2D eigenvalue weighted by atomic mass is 32.2. The van der Waals surface area contributed by atoms with Crippen molar-refractivity contribution in [3.8, 4) is 0 Å². The van der Waals surface area contributed by atoms with Gasteiger partial charge in [-0.1, -0.05) is 0 Å². The summed E-state index contributed by atoms with van der Waals surface area (Å²) in [4.78, 5) is 11.6. The van der Waals surface area contributed by atoms with Crippen LogP contribution in [0.25, 0.3) is 0 Å². The smallest absolute Gasteiger partial charge is 0.338 e. The number of nitrogens with one attached hydrogen (secondary N) is 1. The first-order valence-corrected chi connectivity index (χ1v) is 8.24. The Morgan fingerprint density at radius 3 is 2.85 bits per heavy atom. The minimum atomic E-state index is -0.324. The van der Waals surface area contributed by atoms with Gasteiger partial charge in [0.15, 0.2) is 0 Å². The maximum Gasteiger partial charge on any atom is 0.338 e. The van der Waals surface area contributed by atoms with E-state index in [-0.39, 0.29) is 5.97 Å². The molecule has 0 unspecified atom stereocenters. The molecule has 20 heavy (non-hydrogen) atoms. The molecule has 1 aromatic carbocycles. The van der Waals surface area contributed by atoms with Gasteiger partial charge in [-0.2, -0.15) is 11.8 Å². The zero-order valence-corrected chi connectivity index (χ0v) is 12.7. The van der Waals surface area contributed by atoms with E-state index in [1.54, 1.807) is 19.1 Å². The maximum absolute atomic E-state index is 11.6. The van der Waals surface area contributed by atoms with Gasteiger partial charge in [0, 0.05) is 6.54 Å². The number of nitrogen functional groups attached to an aromatic ring is 1. The van der Waals surface area contributed by atoms with E-state index in [2.05, 4.69) is 5.32 Å². The average molecular weight is 294 g/mol. The molecule has 0 saturated carbocycles. The van der Waals surface area contributed by atoms with E-state index < -0.39 is 0 Å². The molecule has 3 N–H and O–H groups in total. The highest BCUT2D eigenvalue weighted by molar-refractivity contribution is 7.99. The Hall–Kier alpha value is -1.36. The lowest BCUT2D eigenvalue weighted by atomic mass is 10.0. The minimum Gasteiger partial charge on any atom is -0.462 e. The Labute approximate surface area is 124 Å². The molecular weight excluding hydrogens is 272 g/mol. The monoisotopic (exact) mass is 294 g/mol. The fourth-order valence-electron chi connectivity index (χ4n) is 2.27. The molecule has 0 atom stereocenters. The fraction of sp³-hybridized carbons (Fsp3) is 0.533. The topological polar surface area (TPSA) is 64.3 Å². The first-order valence-electron chi connectivity index (χ1n) is 7.09. The summed E-state index contributed by atoms with van der Waals surface area (Å²) in [5.74, 6) is 2.91. The molecule has 1 saturated heterocycles. The number of rotatable bonds is 5. The van der Waals surface area contributed by atoms with Crippen LogP contribution in [0.2, 0.25) is 0 Å². The molecule has 1 fully saturated rings. The van der Waals surface area contributed by atoms with Crippen molar-refractivity contribution in [1.82, 2.24) is 0 Å². The predicted molar refractivity (Wildman–Crippen MR) is 85.3 cm³/mol. The molecule has 1 aliphatic heterocycles. The first kappa shape index (κ1) is 15.0. The van der Waals surface area contributed by atoms with Crippen molar-refractivity contribution >= 4 is 29.1 Å².